The summed E-state index contributed by atoms with van der Waals surface area (Å²) in [6, 6.07) is 7.94. The lowest BCUT2D eigenvalue weighted by molar-refractivity contribution is -0.137. The third kappa shape index (κ3) is 6.80. The summed E-state index contributed by atoms with van der Waals surface area (Å²) in [5, 5.41) is 23.7. The standard InChI is InChI=1S/C30H42ClN9O/c31-25-10-6-22(7-11-25)18-27(34-26-12-8-23(9-13-26)28-35-37-38-36-28)29(41)39-16-14-30(15-17-39,19-40-21-32-20-33-40)24-4-2-1-3-5-24/h6-7,10-11,20-21,23-24,26-27,34H,1-5,8-9,12-19H2,(H,35,36,37,38)/t23-,26+,27-/m1/s1. The van der Waals surface area contributed by atoms with E-state index in [9.17, 15) is 4.79 Å². The number of piperidine rings is 1. The van der Waals surface area contributed by atoms with E-state index in [4.69, 9.17) is 11.6 Å². The zero-order valence-electron chi connectivity index (χ0n) is 23.8. The smallest absolute Gasteiger partial charge is 0.240 e. The number of tetrazole rings is 1. The Labute approximate surface area is 247 Å². The topological polar surface area (TPSA) is 118 Å². The molecule has 6 rings (SSSR count). The van der Waals surface area contributed by atoms with Crippen molar-refractivity contribution < 1.29 is 4.79 Å². The van der Waals surface area contributed by atoms with Crippen LogP contribution in [0.2, 0.25) is 5.02 Å². The fourth-order valence-corrected chi connectivity index (χ4v) is 7.79. The molecule has 3 aliphatic rings. The Hall–Kier alpha value is -2.85. The van der Waals surface area contributed by atoms with Crippen molar-refractivity contribution >= 4 is 17.5 Å². The van der Waals surface area contributed by atoms with E-state index in [1.54, 1.807) is 6.33 Å². The lowest BCUT2D eigenvalue weighted by Crippen LogP contribution is -2.55. The Bertz CT molecular complexity index is 1210. The third-order valence-electron chi connectivity index (χ3n) is 10.0. The van der Waals surface area contributed by atoms with Gasteiger partial charge < -0.3 is 10.2 Å². The maximum atomic E-state index is 14.2. The van der Waals surface area contributed by atoms with Crippen molar-refractivity contribution in [3.05, 3.63) is 53.3 Å². The molecule has 11 heteroatoms. The highest BCUT2D eigenvalue weighted by Gasteiger charge is 2.44. The number of aromatic amines is 1. The van der Waals surface area contributed by atoms with E-state index in [1.807, 2.05) is 35.3 Å². The Morgan fingerprint density at radius 3 is 2.46 bits per heavy atom. The minimum Gasteiger partial charge on any atom is -0.341 e. The largest absolute Gasteiger partial charge is 0.341 e. The average molecular weight is 580 g/mol. The van der Waals surface area contributed by atoms with Crippen LogP contribution in [0.3, 0.4) is 0 Å². The number of carbonyl (C=O) groups excluding carboxylic acids is 1. The number of H-pyrrole nitrogens is 1. The molecule has 3 fully saturated rings. The van der Waals surface area contributed by atoms with E-state index in [2.05, 4.69) is 40.9 Å². The number of carbonyl (C=O) groups is 1. The molecule has 0 bridgehead atoms. The van der Waals surface area contributed by atoms with Crippen molar-refractivity contribution in [3.8, 4) is 0 Å². The second-order valence-electron chi connectivity index (χ2n) is 12.5. The van der Waals surface area contributed by atoms with Gasteiger partial charge >= 0.3 is 0 Å². The molecule has 0 unspecified atom stereocenters. The number of amides is 1. The SMILES string of the molecule is O=C([C@@H](Cc1ccc(Cl)cc1)N[C@H]1CC[C@@H](c2nn[nH]n2)CC1)N1CCC(Cn2cncn2)(C2CCCCC2)CC1. The van der Waals surface area contributed by atoms with Crippen LogP contribution in [-0.4, -0.2) is 71.4 Å². The van der Waals surface area contributed by atoms with Crippen molar-refractivity contribution in [2.75, 3.05) is 13.1 Å². The van der Waals surface area contributed by atoms with Gasteiger partial charge in [-0.25, -0.2) is 4.98 Å². The molecule has 3 aromatic rings. The Morgan fingerprint density at radius 2 is 1.80 bits per heavy atom. The molecular formula is C30H42ClN9O. The van der Waals surface area contributed by atoms with Gasteiger partial charge in [0.15, 0.2) is 5.82 Å². The highest BCUT2D eigenvalue weighted by atomic mass is 35.5. The van der Waals surface area contributed by atoms with Gasteiger partial charge in [0, 0.05) is 36.6 Å². The molecule has 3 heterocycles. The molecule has 1 aliphatic heterocycles. The first-order chi connectivity index (χ1) is 20.1. The highest BCUT2D eigenvalue weighted by molar-refractivity contribution is 6.30. The molecule has 220 valence electrons. The van der Waals surface area contributed by atoms with Gasteiger partial charge in [-0.1, -0.05) is 48.2 Å². The molecule has 2 aliphatic carbocycles. The minimum atomic E-state index is -0.264. The number of likely N-dealkylation sites (tertiary alicyclic amines) is 1. The van der Waals surface area contributed by atoms with E-state index in [-0.39, 0.29) is 23.4 Å². The van der Waals surface area contributed by atoms with E-state index in [0.717, 1.165) is 69.5 Å². The third-order valence-corrected chi connectivity index (χ3v) is 10.3. The number of nitrogens with zero attached hydrogens (tertiary/aromatic N) is 7. The Kier molecular flexibility index (Phi) is 8.95. The van der Waals surface area contributed by atoms with Crippen LogP contribution in [0.15, 0.2) is 36.9 Å². The predicted molar refractivity (Wildman–Crippen MR) is 156 cm³/mol. The quantitative estimate of drug-likeness (QED) is 0.381. The number of aromatic nitrogens is 7. The van der Waals surface area contributed by atoms with E-state index in [1.165, 1.54) is 32.1 Å². The van der Waals surface area contributed by atoms with Crippen LogP contribution in [0.5, 0.6) is 0 Å². The fraction of sp³-hybridized carbons (Fsp3) is 0.667. The Morgan fingerprint density at radius 1 is 1.05 bits per heavy atom. The van der Waals surface area contributed by atoms with Crippen LogP contribution in [-0.2, 0) is 17.8 Å². The summed E-state index contributed by atoms with van der Waals surface area (Å²) in [4.78, 5) is 20.5. The van der Waals surface area contributed by atoms with Crippen LogP contribution in [0, 0.1) is 11.3 Å². The van der Waals surface area contributed by atoms with E-state index >= 15 is 0 Å². The monoisotopic (exact) mass is 579 g/mol. The first-order valence-corrected chi connectivity index (χ1v) is 15.8. The second-order valence-corrected chi connectivity index (χ2v) is 12.9. The van der Waals surface area contributed by atoms with Crippen molar-refractivity contribution in [3.63, 3.8) is 0 Å². The molecule has 1 aromatic carbocycles. The molecule has 0 radical (unpaired) electrons. The van der Waals surface area contributed by atoms with Gasteiger partial charge in [-0.3, -0.25) is 9.48 Å². The highest BCUT2D eigenvalue weighted by Crippen LogP contribution is 2.47. The van der Waals surface area contributed by atoms with Gasteiger partial charge in [0.2, 0.25) is 5.91 Å². The molecule has 1 amide bonds. The normalized spacial score (nSPS) is 24.3. The summed E-state index contributed by atoms with van der Waals surface area (Å²) in [6.45, 7) is 2.50. The zero-order valence-corrected chi connectivity index (χ0v) is 24.6. The summed E-state index contributed by atoms with van der Waals surface area (Å²) in [5.74, 6) is 2.04. The number of rotatable bonds is 9. The van der Waals surface area contributed by atoms with E-state index in [0.29, 0.717) is 23.3 Å². The molecule has 0 spiro atoms. The molecule has 10 nitrogen and oxygen atoms in total. The van der Waals surface area contributed by atoms with Gasteiger partial charge in [-0.2, -0.15) is 10.3 Å². The zero-order chi connectivity index (χ0) is 28.1. The van der Waals surface area contributed by atoms with Crippen molar-refractivity contribution in [2.45, 2.75) is 102 Å². The summed E-state index contributed by atoms with van der Waals surface area (Å²) >= 11 is 6.17. The van der Waals surface area contributed by atoms with Crippen molar-refractivity contribution in [2.24, 2.45) is 11.3 Å². The second kappa shape index (κ2) is 13.0. The lowest BCUT2D eigenvalue weighted by Gasteiger charge is -2.48. The maximum absolute atomic E-state index is 14.2. The number of nitrogens with one attached hydrogen (secondary N) is 2. The van der Waals surface area contributed by atoms with Gasteiger partial charge in [0.25, 0.3) is 0 Å². The van der Waals surface area contributed by atoms with Crippen LogP contribution < -0.4 is 5.32 Å². The number of benzene rings is 1. The van der Waals surface area contributed by atoms with Gasteiger partial charge in [-0.05, 0) is 86.8 Å². The molecule has 2 aromatic heterocycles. The predicted octanol–water partition coefficient (Wildman–Crippen LogP) is 4.56. The molecule has 41 heavy (non-hydrogen) atoms. The molecule has 1 saturated heterocycles. The number of hydrogen-bond donors (Lipinski definition) is 2. The summed E-state index contributed by atoms with van der Waals surface area (Å²) in [7, 11) is 0. The van der Waals surface area contributed by atoms with E-state index < -0.39 is 0 Å². The number of hydrogen-bond acceptors (Lipinski definition) is 7. The summed E-state index contributed by atoms with van der Waals surface area (Å²) < 4.78 is 2.02. The van der Waals surface area contributed by atoms with Gasteiger partial charge in [0.05, 0.1) is 6.04 Å². The molecule has 2 saturated carbocycles. The maximum Gasteiger partial charge on any atom is 0.240 e. The molecular weight excluding hydrogens is 538 g/mol. The van der Waals surface area contributed by atoms with Gasteiger partial charge in [0.1, 0.15) is 12.7 Å². The van der Waals surface area contributed by atoms with Crippen LogP contribution in [0.25, 0.3) is 0 Å². The first kappa shape index (κ1) is 28.3. The van der Waals surface area contributed by atoms with Crippen LogP contribution >= 0.6 is 11.6 Å². The van der Waals surface area contributed by atoms with Crippen molar-refractivity contribution in [1.82, 2.24) is 45.6 Å². The molecule has 2 N–H and O–H groups in total. The van der Waals surface area contributed by atoms with Crippen molar-refractivity contribution in [1.29, 1.82) is 0 Å². The molecule has 1 atom stereocenters. The summed E-state index contributed by atoms with van der Waals surface area (Å²) in [6.07, 6.45) is 16.7. The van der Waals surface area contributed by atoms with Crippen LogP contribution in [0.4, 0.5) is 0 Å². The minimum absolute atomic E-state index is 0.178. The van der Waals surface area contributed by atoms with Gasteiger partial charge in [-0.15, -0.1) is 10.2 Å². The Balaban J connectivity index is 1.13. The number of halogens is 1. The van der Waals surface area contributed by atoms with Crippen LogP contribution in [0.1, 0.15) is 87.9 Å². The fourth-order valence-electron chi connectivity index (χ4n) is 7.66. The first-order valence-electron chi connectivity index (χ1n) is 15.4. The summed E-state index contributed by atoms with van der Waals surface area (Å²) in [5.41, 5.74) is 1.30. The lowest BCUT2D eigenvalue weighted by atomic mass is 9.63. The average Bonchev–Trinajstić information content (AvgIpc) is 3.74.